The van der Waals surface area contributed by atoms with E-state index in [1.165, 1.54) is 0 Å². The van der Waals surface area contributed by atoms with Gasteiger partial charge in [-0.2, -0.15) is 5.10 Å². The van der Waals surface area contributed by atoms with Gasteiger partial charge in [-0.25, -0.2) is 0 Å². The predicted molar refractivity (Wildman–Crippen MR) is 60.9 cm³/mol. The predicted octanol–water partition coefficient (Wildman–Crippen LogP) is 0.529. The maximum absolute atomic E-state index is 7.22. The van der Waals surface area contributed by atoms with Gasteiger partial charge < -0.3 is 10.6 Å². The smallest absolute Gasteiger partial charge is 0.0920 e. The molecule has 1 unspecified atom stereocenters. The molecule has 0 spiro atoms. The van der Waals surface area contributed by atoms with Crippen molar-refractivity contribution in [2.45, 2.75) is 25.9 Å². The Balaban J connectivity index is 2.29. The second-order valence-corrected chi connectivity index (χ2v) is 3.83. The monoisotopic (exact) mass is 209 g/mol. The van der Waals surface area contributed by atoms with Crippen LogP contribution in [-0.2, 0) is 6.54 Å². The minimum atomic E-state index is 0.244. The number of nitrogens with one attached hydrogen (secondary N) is 1. The second kappa shape index (κ2) is 5.50. The van der Waals surface area contributed by atoms with E-state index < -0.39 is 0 Å². The standard InChI is InChI=1S/C10H19N5/c1-9(8-10(11)12)14(2)6-7-15-5-3-4-13-15/h3-5,9H,6-8H2,1-2H3,(H3,11,12). The van der Waals surface area contributed by atoms with E-state index in [4.69, 9.17) is 11.1 Å². The second-order valence-electron chi connectivity index (χ2n) is 3.83. The summed E-state index contributed by atoms with van der Waals surface area (Å²) in [6.45, 7) is 3.85. The lowest BCUT2D eigenvalue weighted by Gasteiger charge is -2.23. The van der Waals surface area contributed by atoms with Crippen molar-refractivity contribution in [1.29, 1.82) is 5.41 Å². The Morgan fingerprint density at radius 1 is 1.67 bits per heavy atom. The molecule has 1 aromatic rings. The SMILES string of the molecule is CC(CC(=N)N)N(C)CCn1cccn1. The minimum absolute atomic E-state index is 0.244. The molecule has 1 heterocycles. The van der Waals surface area contributed by atoms with Crippen LogP contribution in [0.15, 0.2) is 18.5 Å². The number of hydrogen-bond acceptors (Lipinski definition) is 3. The van der Waals surface area contributed by atoms with Crippen molar-refractivity contribution in [2.75, 3.05) is 13.6 Å². The number of hydrogen-bond donors (Lipinski definition) is 2. The zero-order valence-corrected chi connectivity index (χ0v) is 9.35. The Labute approximate surface area is 90.4 Å². The van der Waals surface area contributed by atoms with Crippen LogP contribution in [0.1, 0.15) is 13.3 Å². The summed E-state index contributed by atoms with van der Waals surface area (Å²) in [6.07, 6.45) is 4.35. The number of amidine groups is 1. The first-order valence-corrected chi connectivity index (χ1v) is 5.10. The van der Waals surface area contributed by atoms with Gasteiger partial charge in [0, 0.05) is 31.4 Å². The van der Waals surface area contributed by atoms with Crippen LogP contribution in [0.3, 0.4) is 0 Å². The highest BCUT2D eigenvalue weighted by molar-refractivity contribution is 5.77. The van der Waals surface area contributed by atoms with Gasteiger partial charge in [0.05, 0.1) is 12.4 Å². The van der Waals surface area contributed by atoms with E-state index in [-0.39, 0.29) is 5.84 Å². The summed E-state index contributed by atoms with van der Waals surface area (Å²) >= 11 is 0. The van der Waals surface area contributed by atoms with Gasteiger partial charge in [-0.3, -0.25) is 10.1 Å². The number of aromatic nitrogens is 2. The van der Waals surface area contributed by atoms with E-state index in [0.29, 0.717) is 12.5 Å². The van der Waals surface area contributed by atoms with Crippen molar-refractivity contribution in [2.24, 2.45) is 5.73 Å². The molecule has 5 nitrogen and oxygen atoms in total. The summed E-state index contributed by atoms with van der Waals surface area (Å²) < 4.78 is 1.90. The van der Waals surface area contributed by atoms with Crippen molar-refractivity contribution in [3.8, 4) is 0 Å². The highest BCUT2D eigenvalue weighted by Crippen LogP contribution is 2.00. The van der Waals surface area contributed by atoms with E-state index in [1.54, 1.807) is 6.20 Å². The lowest BCUT2D eigenvalue weighted by Crippen LogP contribution is -2.35. The molecule has 0 saturated carbocycles. The number of nitrogens with two attached hydrogens (primary N) is 1. The Morgan fingerprint density at radius 3 is 2.93 bits per heavy atom. The fraction of sp³-hybridized carbons (Fsp3) is 0.600. The Bertz CT molecular complexity index is 293. The Morgan fingerprint density at radius 2 is 2.40 bits per heavy atom. The molecule has 15 heavy (non-hydrogen) atoms. The molecule has 0 radical (unpaired) electrons. The Kier molecular flexibility index (Phi) is 4.30. The van der Waals surface area contributed by atoms with Crippen LogP contribution in [0.2, 0.25) is 0 Å². The Hall–Kier alpha value is -1.36. The lowest BCUT2D eigenvalue weighted by molar-refractivity contribution is 0.248. The molecule has 0 aliphatic heterocycles. The summed E-state index contributed by atoms with van der Waals surface area (Å²) in [7, 11) is 2.04. The third-order valence-electron chi connectivity index (χ3n) is 2.51. The van der Waals surface area contributed by atoms with Crippen molar-refractivity contribution in [3.05, 3.63) is 18.5 Å². The first kappa shape index (κ1) is 11.7. The molecular formula is C10H19N5. The quantitative estimate of drug-likeness (QED) is 0.530. The molecular weight excluding hydrogens is 190 g/mol. The zero-order valence-electron chi connectivity index (χ0n) is 9.35. The van der Waals surface area contributed by atoms with Gasteiger partial charge in [0.1, 0.15) is 0 Å². The van der Waals surface area contributed by atoms with E-state index in [1.807, 2.05) is 24.0 Å². The summed E-state index contributed by atoms with van der Waals surface area (Å²) in [5.41, 5.74) is 5.36. The van der Waals surface area contributed by atoms with Crippen LogP contribution in [-0.4, -0.2) is 40.2 Å². The van der Waals surface area contributed by atoms with Gasteiger partial charge in [-0.1, -0.05) is 0 Å². The average molecular weight is 209 g/mol. The molecule has 0 amide bonds. The molecule has 84 valence electrons. The third kappa shape index (κ3) is 4.12. The molecule has 0 aliphatic carbocycles. The highest BCUT2D eigenvalue weighted by Gasteiger charge is 2.09. The summed E-state index contributed by atoms with van der Waals surface area (Å²) in [5.74, 6) is 0.244. The molecule has 5 heteroatoms. The number of likely N-dealkylation sites (N-methyl/N-ethyl adjacent to an activating group) is 1. The fourth-order valence-electron chi connectivity index (χ4n) is 1.39. The van der Waals surface area contributed by atoms with Crippen LogP contribution >= 0.6 is 0 Å². The summed E-state index contributed by atoms with van der Waals surface area (Å²) in [5, 5.41) is 11.4. The summed E-state index contributed by atoms with van der Waals surface area (Å²) in [6, 6.07) is 2.22. The zero-order chi connectivity index (χ0) is 11.3. The number of rotatable bonds is 6. The lowest BCUT2D eigenvalue weighted by atomic mass is 10.2. The maximum Gasteiger partial charge on any atom is 0.0920 e. The molecule has 0 aliphatic rings. The van der Waals surface area contributed by atoms with Crippen LogP contribution in [0.4, 0.5) is 0 Å². The van der Waals surface area contributed by atoms with Crippen molar-refractivity contribution in [1.82, 2.24) is 14.7 Å². The van der Waals surface area contributed by atoms with Crippen LogP contribution in [0.25, 0.3) is 0 Å². The van der Waals surface area contributed by atoms with Crippen molar-refractivity contribution < 1.29 is 0 Å². The maximum atomic E-state index is 7.22. The van der Waals surface area contributed by atoms with E-state index in [9.17, 15) is 0 Å². The summed E-state index contributed by atoms with van der Waals surface area (Å²) in [4.78, 5) is 2.18. The number of nitrogens with zero attached hydrogens (tertiary/aromatic N) is 3. The van der Waals surface area contributed by atoms with E-state index >= 15 is 0 Å². The van der Waals surface area contributed by atoms with Gasteiger partial charge in [0.25, 0.3) is 0 Å². The molecule has 0 saturated heterocycles. The molecule has 1 atom stereocenters. The van der Waals surface area contributed by atoms with Gasteiger partial charge in [0.15, 0.2) is 0 Å². The van der Waals surface area contributed by atoms with Crippen LogP contribution in [0, 0.1) is 5.41 Å². The fourth-order valence-corrected chi connectivity index (χ4v) is 1.39. The van der Waals surface area contributed by atoms with Crippen molar-refractivity contribution in [3.63, 3.8) is 0 Å². The largest absolute Gasteiger partial charge is 0.388 e. The molecule has 0 bridgehead atoms. The van der Waals surface area contributed by atoms with Crippen molar-refractivity contribution >= 4 is 5.84 Å². The first-order chi connectivity index (χ1) is 7.09. The van der Waals surface area contributed by atoms with Crippen LogP contribution < -0.4 is 5.73 Å². The molecule has 1 rings (SSSR count). The first-order valence-electron chi connectivity index (χ1n) is 5.10. The molecule has 0 fully saturated rings. The van der Waals surface area contributed by atoms with Gasteiger partial charge in [-0.15, -0.1) is 0 Å². The van der Waals surface area contributed by atoms with Gasteiger partial charge >= 0.3 is 0 Å². The third-order valence-corrected chi connectivity index (χ3v) is 2.51. The average Bonchev–Trinajstić information content (AvgIpc) is 2.65. The topological polar surface area (TPSA) is 70.9 Å². The minimum Gasteiger partial charge on any atom is -0.388 e. The molecule has 0 aromatic carbocycles. The normalized spacial score (nSPS) is 13.0. The van der Waals surface area contributed by atoms with Gasteiger partial charge in [-0.05, 0) is 20.0 Å². The highest BCUT2D eigenvalue weighted by atomic mass is 15.3. The van der Waals surface area contributed by atoms with E-state index in [2.05, 4.69) is 16.9 Å². The molecule has 1 aromatic heterocycles. The van der Waals surface area contributed by atoms with Crippen LogP contribution in [0.5, 0.6) is 0 Å². The molecule has 3 N–H and O–H groups in total. The van der Waals surface area contributed by atoms with E-state index in [0.717, 1.165) is 13.1 Å². The van der Waals surface area contributed by atoms with Gasteiger partial charge in [0.2, 0.25) is 0 Å².